The zero-order chi connectivity index (χ0) is 14.7. The Bertz CT molecular complexity index is 535. The molecule has 1 atom stereocenters. The minimum Gasteiger partial charge on any atom is -0.481 e. The van der Waals surface area contributed by atoms with Crippen molar-refractivity contribution in [2.24, 2.45) is 0 Å². The highest BCUT2D eigenvalue weighted by atomic mass is 32.2. The predicted molar refractivity (Wildman–Crippen MR) is 78.5 cm³/mol. The molecular weight excluding hydrogens is 280 g/mol. The molecule has 0 radical (unpaired) electrons. The average Bonchev–Trinajstić information content (AvgIpc) is 2.39. The lowest BCUT2D eigenvalue weighted by Gasteiger charge is -2.36. The van der Waals surface area contributed by atoms with E-state index in [1.54, 1.807) is 24.8 Å². The van der Waals surface area contributed by atoms with Gasteiger partial charge in [0, 0.05) is 30.2 Å². The fraction of sp³-hybridized carbons (Fsp3) is 0.462. The molecule has 108 valence electrons. The predicted octanol–water partition coefficient (Wildman–Crippen LogP) is 2.30. The van der Waals surface area contributed by atoms with E-state index < -0.39 is 10.9 Å². The van der Waals surface area contributed by atoms with E-state index in [0.717, 1.165) is 11.3 Å². The monoisotopic (exact) mass is 296 g/mol. The molecule has 0 amide bonds. The third-order valence-corrected chi connectivity index (χ3v) is 4.37. The molecule has 0 saturated carbocycles. The van der Waals surface area contributed by atoms with Crippen molar-refractivity contribution in [3.05, 3.63) is 33.9 Å². The molecular formula is C13H16N2O4S. The summed E-state index contributed by atoms with van der Waals surface area (Å²) in [7, 11) is 0. The van der Waals surface area contributed by atoms with Crippen LogP contribution >= 0.6 is 11.8 Å². The van der Waals surface area contributed by atoms with Crippen LogP contribution in [-0.2, 0) is 4.79 Å². The van der Waals surface area contributed by atoms with Gasteiger partial charge in [-0.1, -0.05) is 6.07 Å². The number of nitro groups is 1. The molecule has 20 heavy (non-hydrogen) atoms. The van der Waals surface area contributed by atoms with Crippen molar-refractivity contribution >= 4 is 29.1 Å². The lowest BCUT2D eigenvalue weighted by Crippen LogP contribution is -2.44. The first-order valence-corrected chi connectivity index (χ1v) is 7.45. The maximum Gasteiger partial charge on any atom is 0.305 e. The van der Waals surface area contributed by atoms with Crippen LogP contribution in [0.25, 0.3) is 0 Å². The molecule has 0 aromatic heterocycles. The Morgan fingerprint density at radius 3 is 3.00 bits per heavy atom. The van der Waals surface area contributed by atoms with Crippen LogP contribution in [0.1, 0.15) is 12.0 Å². The van der Waals surface area contributed by atoms with Gasteiger partial charge in [-0.25, -0.2) is 0 Å². The zero-order valence-electron chi connectivity index (χ0n) is 11.1. The smallest absolute Gasteiger partial charge is 0.305 e. The average molecular weight is 296 g/mol. The molecule has 6 nitrogen and oxygen atoms in total. The number of nitrogens with zero attached hydrogens (tertiary/aromatic N) is 2. The summed E-state index contributed by atoms with van der Waals surface area (Å²) in [5, 5.41) is 20.2. The molecule has 1 fully saturated rings. The van der Waals surface area contributed by atoms with Crippen molar-refractivity contribution in [1.29, 1.82) is 0 Å². The number of rotatable bonds is 4. The Morgan fingerprint density at radius 2 is 2.35 bits per heavy atom. The summed E-state index contributed by atoms with van der Waals surface area (Å²) in [6, 6.07) is 4.88. The topological polar surface area (TPSA) is 83.7 Å². The van der Waals surface area contributed by atoms with Crippen LogP contribution in [0.3, 0.4) is 0 Å². The van der Waals surface area contributed by atoms with E-state index in [4.69, 9.17) is 5.11 Å². The van der Waals surface area contributed by atoms with Crippen LogP contribution in [0, 0.1) is 17.0 Å². The van der Waals surface area contributed by atoms with E-state index >= 15 is 0 Å². The fourth-order valence-electron chi connectivity index (χ4n) is 2.37. The van der Waals surface area contributed by atoms with Gasteiger partial charge >= 0.3 is 5.97 Å². The molecule has 1 aromatic rings. The second kappa shape index (κ2) is 6.13. The number of hydrogen-bond donors (Lipinski definition) is 1. The van der Waals surface area contributed by atoms with Gasteiger partial charge in [-0.3, -0.25) is 14.9 Å². The minimum absolute atomic E-state index is 0.00195. The molecule has 7 heteroatoms. The molecule has 0 spiro atoms. The molecule has 1 aliphatic rings. The maximum atomic E-state index is 11.2. The van der Waals surface area contributed by atoms with E-state index in [2.05, 4.69) is 0 Å². The lowest BCUT2D eigenvalue weighted by atomic mass is 10.1. The first kappa shape index (κ1) is 14.6. The van der Waals surface area contributed by atoms with Crippen LogP contribution in [0.4, 0.5) is 11.4 Å². The van der Waals surface area contributed by atoms with E-state index in [-0.39, 0.29) is 18.2 Å². The van der Waals surface area contributed by atoms with Gasteiger partial charge < -0.3 is 10.0 Å². The van der Waals surface area contributed by atoms with Crippen LogP contribution in [0.5, 0.6) is 0 Å². The number of nitro benzene ring substituents is 1. The van der Waals surface area contributed by atoms with Crippen LogP contribution < -0.4 is 4.90 Å². The number of aryl methyl sites for hydroxylation is 1. The van der Waals surface area contributed by atoms with Crippen molar-refractivity contribution in [3.63, 3.8) is 0 Å². The second-order valence-corrected chi connectivity index (χ2v) is 5.92. The van der Waals surface area contributed by atoms with Crippen molar-refractivity contribution in [1.82, 2.24) is 0 Å². The quantitative estimate of drug-likeness (QED) is 0.678. The Morgan fingerprint density at radius 1 is 1.60 bits per heavy atom. The van der Waals surface area contributed by atoms with E-state index in [1.165, 1.54) is 6.07 Å². The number of hydrogen-bond acceptors (Lipinski definition) is 5. The van der Waals surface area contributed by atoms with Crippen molar-refractivity contribution in [3.8, 4) is 0 Å². The van der Waals surface area contributed by atoms with Gasteiger partial charge in [0.1, 0.15) is 5.69 Å². The number of carboxylic acids is 1. The van der Waals surface area contributed by atoms with Crippen LogP contribution in [-0.4, -0.2) is 40.1 Å². The minimum atomic E-state index is -0.878. The Labute approximate surface area is 120 Å². The lowest BCUT2D eigenvalue weighted by molar-refractivity contribution is -0.384. The fourth-order valence-corrected chi connectivity index (χ4v) is 3.43. The Hall–Kier alpha value is -1.76. The summed E-state index contributed by atoms with van der Waals surface area (Å²) in [6.07, 6.45) is -0.00195. The summed E-state index contributed by atoms with van der Waals surface area (Å²) in [5.74, 6) is 0.649. The van der Waals surface area contributed by atoms with E-state index in [1.807, 2.05) is 11.0 Å². The van der Waals surface area contributed by atoms with Gasteiger partial charge in [0.15, 0.2) is 0 Å². The SMILES string of the molecule is Cc1ccc(N2CCSCC2CC(=O)O)c([N+](=O)[O-])c1. The van der Waals surface area contributed by atoms with Crippen molar-refractivity contribution in [2.75, 3.05) is 23.0 Å². The molecule has 0 aliphatic carbocycles. The number of thioether (sulfide) groups is 1. The van der Waals surface area contributed by atoms with Crippen LogP contribution in [0.15, 0.2) is 18.2 Å². The third kappa shape index (κ3) is 3.22. The highest BCUT2D eigenvalue weighted by molar-refractivity contribution is 7.99. The summed E-state index contributed by atoms with van der Waals surface area (Å²) in [5.41, 5.74) is 1.39. The third-order valence-electron chi connectivity index (χ3n) is 3.27. The Balaban J connectivity index is 2.36. The largest absolute Gasteiger partial charge is 0.481 e. The Kier molecular flexibility index (Phi) is 4.49. The van der Waals surface area contributed by atoms with Gasteiger partial charge in [0.25, 0.3) is 5.69 Å². The molecule has 1 N–H and O–H groups in total. The highest BCUT2D eigenvalue weighted by Gasteiger charge is 2.29. The number of carbonyl (C=O) groups is 1. The summed E-state index contributed by atoms with van der Waals surface area (Å²) >= 11 is 1.69. The number of anilines is 1. The van der Waals surface area contributed by atoms with Gasteiger partial charge in [-0.05, 0) is 18.6 Å². The zero-order valence-corrected chi connectivity index (χ0v) is 11.9. The highest BCUT2D eigenvalue weighted by Crippen LogP contribution is 2.33. The maximum absolute atomic E-state index is 11.2. The van der Waals surface area contributed by atoms with Gasteiger partial charge in [-0.15, -0.1) is 0 Å². The molecule has 1 aliphatic heterocycles. The molecule has 0 bridgehead atoms. The molecule has 1 aromatic carbocycles. The van der Waals surface area contributed by atoms with Crippen molar-refractivity contribution in [2.45, 2.75) is 19.4 Å². The van der Waals surface area contributed by atoms with E-state index in [0.29, 0.717) is 18.0 Å². The summed E-state index contributed by atoms with van der Waals surface area (Å²) in [4.78, 5) is 23.6. The van der Waals surface area contributed by atoms with Crippen molar-refractivity contribution < 1.29 is 14.8 Å². The van der Waals surface area contributed by atoms with Gasteiger partial charge in [0.05, 0.1) is 11.3 Å². The summed E-state index contributed by atoms with van der Waals surface area (Å²) in [6.45, 7) is 2.43. The van der Waals surface area contributed by atoms with E-state index in [9.17, 15) is 14.9 Å². The second-order valence-electron chi connectivity index (χ2n) is 4.77. The summed E-state index contributed by atoms with van der Waals surface area (Å²) < 4.78 is 0. The van der Waals surface area contributed by atoms with Crippen LogP contribution in [0.2, 0.25) is 0 Å². The van der Waals surface area contributed by atoms with Gasteiger partial charge in [-0.2, -0.15) is 11.8 Å². The molecule has 1 unspecified atom stereocenters. The first-order valence-electron chi connectivity index (χ1n) is 6.30. The first-order chi connectivity index (χ1) is 9.49. The van der Waals surface area contributed by atoms with Gasteiger partial charge in [0.2, 0.25) is 0 Å². The molecule has 1 saturated heterocycles. The normalized spacial score (nSPS) is 18.9. The standard InChI is InChI=1S/C13H16N2O4S/c1-9-2-3-11(12(6-9)15(18)19)14-4-5-20-8-10(14)7-13(16)17/h2-3,6,10H,4-5,7-8H2,1H3,(H,16,17). The molecule has 1 heterocycles. The number of benzene rings is 1. The number of carboxylic acid groups (broad SMARTS) is 1. The number of aliphatic carboxylic acids is 1. The molecule has 2 rings (SSSR count).